The lowest BCUT2D eigenvalue weighted by Crippen LogP contribution is -2.25. The number of halogens is 1. The minimum Gasteiger partial charge on any atom is -0.453 e. The van der Waals surface area contributed by atoms with Gasteiger partial charge in [0.2, 0.25) is 0 Å². The minimum absolute atomic E-state index is 0.0908. The van der Waals surface area contributed by atoms with Crippen molar-refractivity contribution in [3.8, 4) is 6.07 Å². The molecule has 3 rings (SSSR count). The first-order valence-corrected chi connectivity index (χ1v) is 9.47. The molecule has 0 fully saturated rings. The first-order valence-electron chi connectivity index (χ1n) is 8.66. The van der Waals surface area contributed by atoms with Crippen LogP contribution < -0.4 is 0 Å². The molecule has 2 heterocycles. The van der Waals surface area contributed by atoms with E-state index in [0.29, 0.717) is 11.4 Å². The number of hydrogen-bond donors (Lipinski definition) is 1. The molecule has 1 N–H and O–H groups in total. The minimum atomic E-state index is -1.21. The molecule has 7 nitrogen and oxygen atoms in total. The summed E-state index contributed by atoms with van der Waals surface area (Å²) in [5, 5.41) is 21.6. The second-order valence-electron chi connectivity index (χ2n) is 6.49. The van der Waals surface area contributed by atoms with Crippen molar-refractivity contribution in [1.82, 2.24) is 9.78 Å². The second-order valence-corrected chi connectivity index (χ2v) is 7.52. The average Bonchev–Trinajstić information content (AvgIpc) is 3.23. The molecule has 0 saturated carbocycles. The van der Waals surface area contributed by atoms with Gasteiger partial charge in [-0.15, -0.1) is 11.3 Å². The molecule has 0 aliphatic rings. The van der Waals surface area contributed by atoms with E-state index in [0.717, 1.165) is 21.5 Å². The molecule has 2 aromatic heterocycles. The normalized spacial score (nSPS) is 11.8. The summed E-state index contributed by atoms with van der Waals surface area (Å²) in [5.74, 6) is -2.83. The fourth-order valence-electron chi connectivity index (χ4n) is 2.78. The van der Waals surface area contributed by atoms with Crippen molar-refractivity contribution in [2.45, 2.75) is 20.4 Å². The zero-order valence-electron chi connectivity index (χ0n) is 15.7. The van der Waals surface area contributed by atoms with Gasteiger partial charge in [-0.1, -0.05) is 12.1 Å². The van der Waals surface area contributed by atoms with Gasteiger partial charge in [0.15, 0.2) is 12.4 Å². The van der Waals surface area contributed by atoms with Gasteiger partial charge in [-0.2, -0.15) is 10.4 Å². The van der Waals surface area contributed by atoms with Crippen LogP contribution in [-0.4, -0.2) is 33.9 Å². The van der Waals surface area contributed by atoms with Gasteiger partial charge in [0, 0.05) is 11.1 Å². The first-order chi connectivity index (χ1) is 13.8. The van der Waals surface area contributed by atoms with E-state index in [2.05, 4.69) is 5.10 Å². The Morgan fingerprint density at radius 1 is 1.38 bits per heavy atom. The van der Waals surface area contributed by atoms with Crippen LogP contribution in [0.25, 0.3) is 10.2 Å². The molecule has 1 aromatic carbocycles. The molecule has 0 aliphatic heterocycles. The number of rotatable bonds is 7. The Morgan fingerprint density at radius 2 is 2.07 bits per heavy atom. The maximum Gasteiger partial charge on any atom is 0.348 e. The Balaban J connectivity index is 1.76. The quantitative estimate of drug-likeness (QED) is 0.472. The molecule has 148 valence electrons. The van der Waals surface area contributed by atoms with E-state index >= 15 is 0 Å². The summed E-state index contributed by atoms with van der Waals surface area (Å²) in [6, 6.07) is 9.47. The van der Waals surface area contributed by atoms with Crippen LogP contribution in [0, 0.1) is 35.4 Å². The smallest absolute Gasteiger partial charge is 0.348 e. The van der Waals surface area contributed by atoms with Crippen molar-refractivity contribution in [3.05, 3.63) is 52.3 Å². The largest absolute Gasteiger partial charge is 0.453 e. The Bertz CT molecular complexity index is 1140. The fraction of sp³-hybridized carbons (Fsp3) is 0.250. The maximum atomic E-state index is 13.1. The predicted molar refractivity (Wildman–Crippen MR) is 106 cm³/mol. The van der Waals surface area contributed by atoms with Crippen LogP contribution in [0.1, 0.15) is 27.9 Å². The fourth-order valence-corrected chi connectivity index (χ4v) is 3.84. The van der Waals surface area contributed by atoms with E-state index in [1.807, 2.05) is 6.92 Å². The number of hydrogen-bond acceptors (Lipinski definition) is 7. The number of carbonyl (C=O) groups excluding carboxylic acids is 2. The van der Waals surface area contributed by atoms with Crippen LogP contribution in [0.4, 0.5) is 4.39 Å². The molecule has 0 bridgehead atoms. The number of ether oxygens (including phenoxy) is 1. The van der Waals surface area contributed by atoms with Crippen molar-refractivity contribution in [1.29, 1.82) is 10.7 Å². The maximum absolute atomic E-state index is 13.1. The molecule has 0 radical (unpaired) electrons. The van der Waals surface area contributed by atoms with Crippen LogP contribution in [0.15, 0.2) is 30.3 Å². The summed E-state index contributed by atoms with van der Waals surface area (Å²) in [7, 11) is 0. The van der Waals surface area contributed by atoms with Crippen LogP contribution >= 0.6 is 11.3 Å². The molecule has 9 heteroatoms. The molecule has 0 unspecified atom stereocenters. The third-order valence-electron chi connectivity index (χ3n) is 4.28. The van der Waals surface area contributed by atoms with E-state index in [1.54, 1.807) is 29.0 Å². The topological polar surface area (TPSA) is 109 Å². The lowest BCUT2D eigenvalue weighted by molar-refractivity contribution is -0.122. The van der Waals surface area contributed by atoms with Gasteiger partial charge < -0.3 is 10.1 Å². The number of fused-ring (bicyclic) bond motifs is 1. The van der Waals surface area contributed by atoms with E-state index in [9.17, 15) is 14.0 Å². The highest BCUT2D eigenvalue weighted by Crippen LogP contribution is 2.29. The zero-order chi connectivity index (χ0) is 21.1. The molecule has 3 aromatic rings. The monoisotopic (exact) mass is 412 g/mol. The van der Waals surface area contributed by atoms with Gasteiger partial charge in [-0.05, 0) is 37.6 Å². The molecule has 0 saturated heterocycles. The Labute approximate surface area is 169 Å². The number of nitriles is 1. The van der Waals surface area contributed by atoms with Crippen molar-refractivity contribution in [2.24, 2.45) is 5.92 Å². The number of thiophene rings is 1. The van der Waals surface area contributed by atoms with Gasteiger partial charge >= 0.3 is 5.97 Å². The van der Waals surface area contributed by atoms with Crippen LogP contribution in [0.2, 0.25) is 0 Å². The standard InChI is InChI=1S/C20H17FN4O3S/c1-11(23)16(8-22)17(26)10-28-20(27)18-7-15-12(2)24-25(19(15)29-18)9-13-3-5-14(21)6-4-13/h3-7,16,23H,9-10H2,1-2H3/t16-/m1/s1. The summed E-state index contributed by atoms with van der Waals surface area (Å²) in [6.45, 7) is 3.03. The Hall–Kier alpha value is -3.38. The number of benzene rings is 1. The zero-order valence-corrected chi connectivity index (χ0v) is 16.5. The third kappa shape index (κ3) is 4.38. The number of aromatic nitrogens is 2. The van der Waals surface area contributed by atoms with Gasteiger partial charge in [0.25, 0.3) is 0 Å². The van der Waals surface area contributed by atoms with E-state index < -0.39 is 24.3 Å². The Morgan fingerprint density at radius 3 is 2.69 bits per heavy atom. The average molecular weight is 412 g/mol. The lowest BCUT2D eigenvalue weighted by Gasteiger charge is -2.06. The van der Waals surface area contributed by atoms with Crippen molar-refractivity contribution < 1.29 is 18.7 Å². The number of Topliss-reactive ketones (excluding diaryl/α,β-unsaturated/α-hetero) is 1. The molecule has 1 atom stereocenters. The summed E-state index contributed by atoms with van der Waals surface area (Å²) >= 11 is 1.18. The number of ketones is 1. The van der Waals surface area contributed by atoms with Crippen LogP contribution in [0.3, 0.4) is 0 Å². The van der Waals surface area contributed by atoms with E-state index in [-0.39, 0.29) is 11.5 Å². The Kier molecular flexibility index (Phi) is 5.84. The summed E-state index contributed by atoms with van der Waals surface area (Å²) in [6.07, 6.45) is 0. The molecular weight excluding hydrogens is 395 g/mol. The van der Waals surface area contributed by atoms with Gasteiger partial charge in [-0.25, -0.2) is 9.18 Å². The SMILES string of the molecule is CC(=N)[C@@H](C#N)C(=O)COC(=O)c1cc2c(C)nn(Cc3ccc(F)cc3)c2s1. The molecule has 0 spiro atoms. The summed E-state index contributed by atoms with van der Waals surface area (Å²) in [5.41, 5.74) is 1.51. The molecular formula is C20H17FN4O3S. The van der Waals surface area contributed by atoms with Crippen molar-refractivity contribution in [3.63, 3.8) is 0 Å². The number of esters is 1. The van der Waals surface area contributed by atoms with E-state index in [1.165, 1.54) is 30.4 Å². The predicted octanol–water partition coefficient (Wildman–Crippen LogP) is 3.50. The molecule has 29 heavy (non-hydrogen) atoms. The lowest BCUT2D eigenvalue weighted by atomic mass is 10.0. The number of aryl methyl sites for hydroxylation is 1. The summed E-state index contributed by atoms with van der Waals surface area (Å²) < 4.78 is 19.9. The highest BCUT2D eigenvalue weighted by Gasteiger charge is 2.23. The van der Waals surface area contributed by atoms with Gasteiger partial charge in [0.05, 0.1) is 18.3 Å². The highest BCUT2D eigenvalue weighted by atomic mass is 32.1. The first kappa shape index (κ1) is 20.4. The van der Waals surface area contributed by atoms with Gasteiger partial charge in [0.1, 0.15) is 21.4 Å². The van der Waals surface area contributed by atoms with Crippen LogP contribution in [0.5, 0.6) is 0 Å². The van der Waals surface area contributed by atoms with Gasteiger partial charge in [-0.3, -0.25) is 9.48 Å². The van der Waals surface area contributed by atoms with Crippen molar-refractivity contribution >= 4 is 39.0 Å². The molecule has 0 amide bonds. The number of nitrogens with zero attached hydrogens (tertiary/aromatic N) is 3. The van der Waals surface area contributed by atoms with E-state index in [4.69, 9.17) is 15.4 Å². The van der Waals surface area contributed by atoms with Crippen LogP contribution in [-0.2, 0) is 16.1 Å². The summed E-state index contributed by atoms with van der Waals surface area (Å²) in [4.78, 5) is 25.3. The third-order valence-corrected chi connectivity index (χ3v) is 5.41. The number of nitrogens with one attached hydrogen (secondary N) is 1. The number of carbonyl (C=O) groups is 2. The second kappa shape index (κ2) is 8.32. The highest BCUT2D eigenvalue weighted by molar-refractivity contribution is 7.20. The van der Waals surface area contributed by atoms with Crippen molar-refractivity contribution in [2.75, 3.05) is 6.61 Å². The molecule has 0 aliphatic carbocycles.